The SMILES string of the molecule is CC(=O)N1CCC(C(=O)O)CC1.Cl.Cl. The molecule has 1 heterocycles. The Kier molecular flexibility index (Phi) is 7.87. The smallest absolute Gasteiger partial charge is 0.306 e. The lowest BCUT2D eigenvalue weighted by molar-refractivity contribution is -0.145. The van der Waals surface area contributed by atoms with Crippen molar-refractivity contribution in [1.29, 1.82) is 0 Å². The van der Waals surface area contributed by atoms with Crippen LogP contribution in [0.1, 0.15) is 19.8 Å². The van der Waals surface area contributed by atoms with Crippen molar-refractivity contribution in [1.82, 2.24) is 4.90 Å². The first-order valence-electron chi connectivity index (χ1n) is 4.09. The van der Waals surface area contributed by atoms with Crippen molar-refractivity contribution in [2.45, 2.75) is 19.8 Å². The van der Waals surface area contributed by atoms with Crippen LogP contribution in [0.5, 0.6) is 0 Å². The summed E-state index contributed by atoms with van der Waals surface area (Å²) in [6, 6.07) is 0. The van der Waals surface area contributed by atoms with E-state index in [2.05, 4.69) is 0 Å². The number of hydrogen-bond donors (Lipinski definition) is 1. The minimum Gasteiger partial charge on any atom is -0.481 e. The van der Waals surface area contributed by atoms with Crippen molar-refractivity contribution in [3.05, 3.63) is 0 Å². The van der Waals surface area contributed by atoms with E-state index >= 15 is 0 Å². The van der Waals surface area contributed by atoms with Crippen molar-refractivity contribution in [2.24, 2.45) is 5.92 Å². The van der Waals surface area contributed by atoms with Crippen LogP contribution in [0, 0.1) is 5.92 Å². The summed E-state index contributed by atoms with van der Waals surface area (Å²) in [6.45, 7) is 2.69. The van der Waals surface area contributed by atoms with Gasteiger partial charge in [0.15, 0.2) is 0 Å². The lowest BCUT2D eigenvalue weighted by Crippen LogP contribution is -2.38. The normalized spacial score (nSPS) is 16.5. The van der Waals surface area contributed by atoms with Gasteiger partial charge in [-0.3, -0.25) is 9.59 Å². The molecular formula is C8H15Cl2NO3. The first-order valence-corrected chi connectivity index (χ1v) is 4.09. The quantitative estimate of drug-likeness (QED) is 0.753. The molecule has 0 unspecified atom stereocenters. The summed E-state index contributed by atoms with van der Waals surface area (Å²) in [4.78, 5) is 23.1. The third-order valence-corrected chi connectivity index (χ3v) is 2.29. The van der Waals surface area contributed by atoms with Gasteiger partial charge in [-0.1, -0.05) is 0 Å². The van der Waals surface area contributed by atoms with E-state index in [0.717, 1.165) is 0 Å². The lowest BCUT2D eigenvalue weighted by atomic mass is 9.97. The number of likely N-dealkylation sites (tertiary alicyclic amines) is 1. The number of nitrogens with zero attached hydrogens (tertiary/aromatic N) is 1. The predicted octanol–water partition coefficient (Wildman–Crippen LogP) is 1.17. The topological polar surface area (TPSA) is 57.6 Å². The predicted molar refractivity (Wildman–Crippen MR) is 57.1 cm³/mol. The fourth-order valence-electron chi connectivity index (χ4n) is 1.44. The fourth-order valence-corrected chi connectivity index (χ4v) is 1.44. The summed E-state index contributed by atoms with van der Waals surface area (Å²) in [5.41, 5.74) is 0. The summed E-state index contributed by atoms with van der Waals surface area (Å²) in [7, 11) is 0. The van der Waals surface area contributed by atoms with Gasteiger partial charge < -0.3 is 10.0 Å². The zero-order chi connectivity index (χ0) is 9.14. The molecule has 0 aromatic rings. The molecule has 0 aromatic carbocycles. The zero-order valence-electron chi connectivity index (χ0n) is 7.93. The summed E-state index contributed by atoms with van der Waals surface area (Å²) < 4.78 is 0. The number of piperidine rings is 1. The highest BCUT2D eigenvalue weighted by molar-refractivity contribution is 5.85. The Balaban J connectivity index is 0. The van der Waals surface area contributed by atoms with Crippen molar-refractivity contribution in [3.8, 4) is 0 Å². The molecule has 0 spiro atoms. The van der Waals surface area contributed by atoms with Gasteiger partial charge in [0.2, 0.25) is 5.91 Å². The molecule has 4 nitrogen and oxygen atoms in total. The zero-order valence-corrected chi connectivity index (χ0v) is 9.57. The first kappa shape index (κ1) is 16.0. The first-order chi connectivity index (χ1) is 5.61. The van der Waals surface area contributed by atoms with Gasteiger partial charge >= 0.3 is 5.97 Å². The largest absolute Gasteiger partial charge is 0.481 e. The second kappa shape index (κ2) is 6.90. The van der Waals surface area contributed by atoms with Crippen LogP contribution in [-0.2, 0) is 9.59 Å². The van der Waals surface area contributed by atoms with Gasteiger partial charge in [-0.15, -0.1) is 24.8 Å². The molecule has 1 aliphatic rings. The number of carbonyl (C=O) groups excluding carboxylic acids is 1. The minimum absolute atomic E-state index is 0. The van der Waals surface area contributed by atoms with E-state index in [1.54, 1.807) is 4.90 Å². The number of hydrogen-bond acceptors (Lipinski definition) is 2. The van der Waals surface area contributed by atoms with E-state index in [0.29, 0.717) is 25.9 Å². The van der Waals surface area contributed by atoms with Crippen molar-refractivity contribution >= 4 is 36.7 Å². The molecule has 0 aromatic heterocycles. The van der Waals surface area contributed by atoms with Crippen molar-refractivity contribution < 1.29 is 14.7 Å². The van der Waals surface area contributed by atoms with E-state index < -0.39 is 5.97 Å². The molecule has 1 amide bonds. The van der Waals surface area contributed by atoms with E-state index in [-0.39, 0.29) is 36.6 Å². The number of halogens is 2. The van der Waals surface area contributed by atoms with Crippen LogP contribution in [0.15, 0.2) is 0 Å². The third-order valence-electron chi connectivity index (χ3n) is 2.29. The number of carboxylic acid groups (broad SMARTS) is 1. The number of carbonyl (C=O) groups is 2. The monoisotopic (exact) mass is 243 g/mol. The Morgan fingerprint density at radius 2 is 1.64 bits per heavy atom. The van der Waals surface area contributed by atoms with Crippen LogP contribution in [0.2, 0.25) is 0 Å². The Morgan fingerprint density at radius 3 is 1.93 bits per heavy atom. The van der Waals surface area contributed by atoms with Crippen LogP contribution in [0.3, 0.4) is 0 Å². The number of aliphatic carboxylic acids is 1. The lowest BCUT2D eigenvalue weighted by Gasteiger charge is -2.28. The molecule has 84 valence electrons. The highest BCUT2D eigenvalue weighted by Gasteiger charge is 2.25. The van der Waals surface area contributed by atoms with Gasteiger partial charge in [-0.2, -0.15) is 0 Å². The highest BCUT2D eigenvalue weighted by atomic mass is 35.5. The summed E-state index contributed by atoms with van der Waals surface area (Å²) in [5, 5.41) is 8.66. The average Bonchev–Trinajstić information content (AvgIpc) is 2.04. The third kappa shape index (κ3) is 4.15. The molecule has 1 fully saturated rings. The molecular weight excluding hydrogens is 229 g/mol. The van der Waals surface area contributed by atoms with E-state index in [1.807, 2.05) is 0 Å². The van der Waals surface area contributed by atoms with Gasteiger partial charge in [-0.05, 0) is 12.8 Å². The van der Waals surface area contributed by atoms with Crippen LogP contribution in [-0.4, -0.2) is 35.0 Å². The van der Waals surface area contributed by atoms with Gasteiger partial charge in [0.1, 0.15) is 0 Å². The number of carboxylic acids is 1. The number of rotatable bonds is 1. The van der Waals surface area contributed by atoms with Crippen molar-refractivity contribution in [3.63, 3.8) is 0 Å². The van der Waals surface area contributed by atoms with Gasteiger partial charge in [0.05, 0.1) is 5.92 Å². The number of amides is 1. The van der Waals surface area contributed by atoms with Crippen molar-refractivity contribution in [2.75, 3.05) is 13.1 Å². The Bertz CT molecular complexity index is 181. The Hall–Kier alpha value is -0.480. The summed E-state index contributed by atoms with van der Waals surface area (Å²) in [6.07, 6.45) is 1.18. The average molecular weight is 244 g/mol. The molecule has 0 atom stereocenters. The molecule has 1 aliphatic heterocycles. The molecule has 1 saturated heterocycles. The minimum atomic E-state index is -0.738. The summed E-state index contributed by atoms with van der Waals surface area (Å²) >= 11 is 0. The van der Waals surface area contributed by atoms with E-state index in [4.69, 9.17) is 5.11 Å². The molecule has 6 heteroatoms. The second-order valence-corrected chi connectivity index (χ2v) is 3.12. The van der Waals surface area contributed by atoms with Crippen LogP contribution >= 0.6 is 24.8 Å². The Labute approximate surface area is 95.5 Å². The summed E-state index contributed by atoms with van der Waals surface area (Å²) in [5.74, 6) is -0.947. The van der Waals surface area contributed by atoms with Crippen LogP contribution in [0.25, 0.3) is 0 Å². The highest BCUT2D eigenvalue weighted by Crippen LogP contribution is 2.16. The van der Waals surface area contributed by atoms with Gasteiger partial charge in [0.25, 0.3) is 0 Å². The second-order valence-electron chi connectivity index (χ2n) is 3.12. The molecule has 14 heavy (non-hydrogen) atoms. The molecule has 0 aliphatic carbocycles. The van der Waals surface area contributed by atoms with E-state index in [9.17, 15) is 9.59 Å². The molecule has 0 radical (unpaired) electrons. The molecule has 1 N–H and O–H groups in total. The van der Waals surface area contributed by atoms with Gasteiger partial charge in [0, 0.05) is 20.0 Å². The Morgan fingerprint density at radius 1 is 1.21 bits per heavy atom. The van der Waals surface area contributed by atoms with Crippen LogP contribution in [0.4, 0.5) is 0 Å². The standard InChI is InChI=1S/C8H13NO3.2ClH/c1-6(10)9-4-2-7(3-5-9)8(11)12;;/h7H,2-5H2,1H3,(H,11,12);2*1H. The van der Waals surface area contributed by atoms with Crippen LogP contribution < -0.4 is 0 Å². The molecule has 0 saturated carbocycles. The van der Waals surface area contributed by atoms with Gasteiger partial charge in [-0.25, -0.2) is 0 Å². The molecule has 0 bridgehead atoms. The van der Waals surface area contributed by atoms with E-state index in [1.165, 1.54) is 6.92 Å². The maximum atomic E-state index is 10.9. The maximum Gasteiger partial charge on any atom is 0.306 e. The molecule has 1 rings (SSSR count). The fraction of sp³-hybridized carbons (Fsp3) is 0.750. The maximum absolute atomic E-state index is 10.9.